The zero-order chi connectivity index (χ0) is 11.5. The summed E-state index contributed by atoms with van der Waals surface area (Å²) < 4.78 is 0. The van der Waals surface area contributed by atoms with Crippen molar-refractivity contribution >= 4 is 17.4 Å². The normalized spacial score (nSPS) is 16.6. The van der Waals surface area contributed by atoms with E-state index in [1.54, 1.807) is 25.3 Å². The minimum atomic E-state index is -0.321. The van der Waals surface area contributed by atoms with E-state index in [0.717, 1.165) is 12.8 Å². The minimum Gasteiger partial charge on any atom is -0.396 e. The van der Waals surface area contributed by atoms with Crippen LogP contribution in [-0.2, 0) is 4.79 Å². The van der Waals surface area contributed by atoms with Crippen LogP contribution >= 0.6 is 0 Å². The number of hydrogen-bond acceptors (Lipinski definition) is 4. The zero-order valence-corrected chi connectivity index (χ0v) is 9.23. The summed E-state index contributed by atoms with van der Waals surface area (Å²) in [7, 11) is 0. The summed E-state index contributed by atoms with van der Waals surface area (Å²) in [6.07, 6.45) is 3.82. The predicted octanol–water partition coefficient (Wildman–Crippen LogP) is 0.743. The molecule has 1 fully saturated rings. The standard InChI is InChI=1S/C11H16N4O/c1-7(11(16)15-8-4-5-8)14-10-9(12)3-2-6-13-10/h2-3,6-8H,4-5,12H2,1H3,(H,13,14)(H,15,16). The molecule has 1 aliphatic carbocycles. The highest BCUT2D eigenvalue weighted by molar-refractivity contribution is 5.85. The molecule has 16 heavy (non-hydrogen) atoms. The van der Waals surface area contributed by atoms with Crippen molar-refractivity contribution in [1.29, 1.82) is 0 Å². The number of rotatable bonds is 4. The molecule has 1 aromatic rings. The van der Waals surface area contributed by atoms with E-state index in [-0.39, 0.29) is 11.9 Å². The molecule has 0 bridgehead atoms. The van der Waals surface area contributed by atoms with Crippen molar-refractivity contribution < 1.29 is 4.79 Å². The van der Waals surface area contributed by atoms with Gasteiger partial charge in [0.2, 0.25) is 5.91 Å². The molecule has 4 N–H and O–H groups in total. The lowest BCUT2D eigenvalue weighted by atomic mass is 10.3. The Morgan fingerprint density at radius 2 is 2.38 bits per heavy atom. The molecule has 1 amide bonds. The highest BCUT2D eigenvalue weighted by atomic mass is 16.2. The second-order valence-electron chi connectivity index (χ2n) is 4.09. The highest BCUT2D eigenvalue weighted by Crippen LogP contribution is 2.19. The Labute approximate surface area is 94.4 Å². The SMILES string of the molecule is CC(Nc1ncccc1N)C(=O)NC1CC1. The lowest BCUT2D eigenvalue weighted by Gasteiger charge is -2.15. The third-order valence-corrected chi connectivity index (χ3v) is 2.51. The van der Waals surface area contributed by atoms with Crippen LogP contribution in [0.15, 0.2) is 18.3 Å². The Bertz CT molecular complexity index is 389. The van der Waals surface area contributed by atoms with Gasteiger partial charge in [-0.1, -0.05) is 0 Å². The number of nitrogens with zero attached hydrogens (tertiary/aromatic N) is 1. The van der Waals surface area contributed by atoms with E-state index < -0.39 is 0 Å². The summed E-state index contributed by atoms with van der Waals surface area (Å²) in [5, 5.41) is 5.92. The van der Waals surface area contributed by atoms with Crippen molar-refractivity contribution in [2.75, 3.05) is 11.1 Å². The predicted molar refractivity (Wildman–Crippen MR) is 62.9 cm³/mol. The monoisotopic (exact) mass is 220 g/mol. The zero-order valence-electron chi connectivity index (χ0n) is 9.23. The lowest BCUT2D eigenvalue weighted by Crippen LogP contribution is -2.39. The fraction of sp³-hybridized carbons (Fsp3) is 0.455. The van der Waals surface area contributed by atoms with Gasteiger partial charge in [0.05, 0.1) is 5.69 Å². The molecule has 2 rings (SSSR count). The number of nitrogens with one attached hydrogen (secondary N) is 2. The third-order valence-electron chi connectivity index (χ3n) is 2.51. The quantitative estimate of drug-likeness (QED) is 0.699. The van der Waals surface area contributed by atoms with Crippen molar-refractivity contribution in [3.05, 3.63) is 18.3 Å². The Kier molecular flexibility index (Phi) is 2.94. The molecule has 0 aromatic carbocycles. The summed E-state index contributed by atoms with van der Waals surface area (Å²) in [6, 6.07) is 3.56. The lowest BCUT2D eigenvalue weighted by molar-refractivity contribution is -0.121. The summed E-state index contributed by atoms with van der Waals surface area (Å²) in [5.41, 5.74) is 6.28. The molecule has 0 spiro atoms. The molecular formula is C11H16N4O. The smallest absolute Gasteiger partial charge is 0.242 e. The number of pyridine rings is 1. The topological polar surface area (TPSA) is 80.0 Å². The fourth-order valence-corrected chi connectivity index (χ4v) is 1.36. The van der Waals surface area contributed by atoms with Crippen molar-refractivity contribution in [2.45, 2.75) is 31.8 Å². The second kappa shape index (κ2) is 4.38. The molecule has 5 nitrogen and oxygen atoms in total. The van der Waals surface area contributed by atoms with Crippen LogP contribution < -0.4 is 16.4 Å². The number of amides is 1. The molecular weight excluding hydrogens is 204 g/mol. The number of carbonyl (C=O) groups is 1. The number of carbonyl (C=O) groups excluding carboxylic acids is 1. The average Bonchev–Trinajstić information content (AvgIpc) is 3.05. The molecule has 0 saturated heterocycles. The second-order valence-corrected chi connectivity index (χ2v) is 4.09. The molecule has 1 aromatic heterocycles. The van der Waals surface area contributed by atoms with Gasteiger partial charge in [-0.25, -0.2) is 4.98 Å². The van der Waals surface area contributed by atoms with Crippen molar-refractivity contribution in [1.82, 2.24) is 10.3 Å². The van der Waals surface area contributed by atoms with Gasteiger partial charge in [-0.15, -0.1) is 0 Å². The molecule has 1 atom stereocenters. The van der Waals surface area contributed by atoms with Crippen LogP contribution in [0.25, 0.3) is 0 Å². The van der Waals surface area contributed by atoms with E-state index in [9.17, 15) is 4.79 Å². The van der Waals surface area contributed by atoms with E-state index in [2.05, 4.69) is 15.6 Å². The van der Waals surface area contributed by atoms with Crippen molar-refractivity contribution in [3.8, 4) is 0 Å². The van der Waals surface area contributed by atoms with Gasteiger partial charge in [-0.05, 0) is 31.9 Å². The van der Waals surface area contributed by atoms with Gasteiger partial charge in [0.1, 0.15) is 11.9 Å². The number of anilines is 2. The Hall–Kier alpha value is -1.78. The molecule has 1 unspecified atom stereocenters. The molecule has 1 aliphatic rings. The van der Waals surface area contributed by atoms with Crippen LogP contribution in [0.2, 0.25) is 0 Å². The molecule has 0 aliphatic heterocycles. The average molecular weight is 220 g/mol. The van der Waals surface area contributed by atoms with Crippen LogP contribution in [-0.4, -0.2) is 23.0 Å². The van der Waals surface area contributed by atoms with E-state index in [4.69, 9.17) is 5.73 Å². The maximum Gasteiger partial charge on any atom is 0.242 e. The molecule has 1 saturated carbocycles. The van der Waals surface area contributed by atoms with Crippen LogP contribution in [0.3, 0.4) is 0 Å². The maximum absolute atomic E-state index is 11.7. The van der Waals surface area contributed by atoms with Gasteiger partial charge in [0.25, 0.3) is 0 Å². The molecule has 1 heterocycles. The van der Waals surface area contributed by atoms with Crippen LogP contribution in [0.1, 0.15) is 19.8 Å². The Balaban J connectivity index is 1.92. The number of aromatic nitrogens is 1. The summed E-state index contributed by atoms with van der Waals surface area (Å²) >= 11 is 0. The van der Waals surface area contributed by atoms with Gasteiger partial charge >= 0.3 is 0 Å². The number of nitrogens with two attached hydrogens (primary N) is 1. The highest BCUT2D eigenvalue weighted by Gasteiger charge is 2.25. The van der Waals surface area contributed by atoms with Crippen molar-refractivity contribution in [3.63, 3.8) is 0 Å². The maximum atomic E-state index is 11.7. The van der Waals surface area contributed by atoms with Gasteiger partial charge in [0.15, 0.2) is 0 Å². The first-order chi connectivity index (χ1) is 7.66. The van der Waals surface area contributed by atoms with Crippen LogP contribution in [0.4, 0.5) is 11.5 Å². The first-order valence-corrected chi connectivity index (χ1v) is 5.44. The summed E-state index contributed by atoms with van der Waals surface area (Å²) in [5.74, 6) is 0.550. The van der Waals surface area contributed by atoms with E-state index in [0.29, 0.717) is 17.5 Å². The first-order valence-electron chi connectivity index (χ1n) is 5.44. The van der Waals surface area contributed by atoms with Gasteiger partial charge < -0.3 is 16.4 Å². The van der Waals surface area contributed by atoms with E-state index in [1.165, 1.54) is 0 Å². The number of hydrogen-bond donors (Lipinski definition) is 3. The molecule has 0 radical (unpaired) electrons. The van der Waals surface area contributed by atoms with Gasteiger partial charge in [0, 0.05) is 12.2 Å². The van der Waals surface area contributed by atoms with Crippen molar-refractivity contribution in [2.24, 2.45) is 0 Å². The molecule has 5 heteroatoms. The van der Waals surface area contributed by atoms with Gasteiger partial charge in [-0.2, -0.15) is 0 Å². The van der Waals surface area contributed by atoms with Crippen LogP contribution in [0, 0.1) is 0 Å². The third kappa shape index (κ3) is 2.62. The Morgan fingerprint density at radius 1 is 1.62 bits per heavy atom. The van der Waals surface area contributed by atoms with Gasteiger partial charge in [-0.3, -0.25) is 4.79 Å². The fourth-order valence-electron chi connectivity index (χ4n) is 1.36. The molecule has 86 valence electrons. The summed E-state index contributed by atoms with van der Waals surface area (Å²) in [4.78, 5) is 15.7. The summed E-state index contributed by atoms with van der Waals surface area (Å²) in [6.45, 7) is 1.80. The Morgan fingerprint density at radius 3 is 3.00 bits per heavy atom. The largest absolute Gasteiger partial charge is 0.396 e. The van der Waals surface area contributed by atoms with Crippen LogP contribution in [0.5, 0.6) is 0 Å². The van der Waals surface area contributed by atoms with E-state index in [1.807, 2.05) is 0 Å². The minimum absolute atomic E-state index is 0.00690. The number of nitrogen functional groups attached to an aromatic ring is 1. The first kappa shape index (κ1) is 10.7. The van der Waals surface area contributed by atoms with E-state index >= 15 is 0 Å².